The minimum absolute atomic E-state index is 0. The van der Waals surface area contributed by atoms with Gasteiger partial charge in [0.15, 0.2) is 0 Å². The molecule has 2 aromatic rings. The molecule has 3 heterocycles. The lowest BCUT2D eigenvalue weighted by atomic mass is 10.1. The van der Waals surface area contributed by atoms with Gasteiger partial charge in [0.2, 0.25) is 15.9 Å². The number of halogens is 2. The first-order valence-electron chi connectivity index (χ1n) is 8.26. The number of rotatable bonds is 5. The van der Waals surface area contributed by atoms with Crippen LogP contribution in [-0.4, -0.2) is 66.7 Å². The van der Waals surface area contributed by atoms with Crippen LogP contribution in [0.3, 0.4) is 0 Å². The van der Waals surface area contributed by atoms with Gasteiger partial charge in [-0.2, -0.15) is 4.31 Å². The Morgan fingerprint density at radius 3 is 2.50 bits per heavy atom. The quantitative estimate of drug-likeness (QED) is 0.737. The first kappa shape index (κ1) is 24.3. The van der Waals surface area contributed by atoms with Gasteiger partial charge in [0.25, 0.3) is 0 Å². The Kier molecular flexibility index (Phi) is 9.25. The van der Waals surface area contributed by atoms with E-state index >= 15 is 0 Å². The minimum atomic E-state index is -3.76. The Hall–Kier alpha value is -1.78. The molecule has 0 spiro atoms. The van der Waals surface area contributed by atoms with Gasteiger partial charge in [-0.1, -0.05) is 6.07 Å². The maximum atomic E-state index is 12.8. The van der Waals surface area contributed by atoms with Crippen LogP contribution in [0, 0.1) is 0 Å². The number of aromatic nitrogens is 2. The fourth-order valence-electron chi connectivity index (χ4n) is 2.92. The van der Waals surface area contributed by atoms with Crippen LogP contribution in [0.15, 0.2) is 53.9 Å². The van der Waals surface area contributed by atoms with E-state index in [-0.39, 0.29) is 48.2 Å². The molecule has 0 aromatic carbocycles. The number of piperazine rings is 1. The maximum Gasteiger partial charge on any atom is 0.244 e. The van der Waals surface area contributed by atoms with Crippen molar-refractivity contribution in [3.05, 3.63) is 54.6 Å². The summed E-state index contributed by atoms with van der Waals surface area (Å²) in [6.45, 7) is 1.56. The van der Waals surface area contributed by atoms with Gasteiger partial charge in [-0.15, -0.1) is 24.8 Å². The molecular formula is C17H23Cl2N5O3S. The van der Waals surface area contributed by atoms with Crippen LogP contribution in [0.2, 0.25) is 0 Å². The molecule has 1 saturated heterocycles. The Balaban J connectivity index is 0.00000196. The van der Waals surface area contributed by atoms with Crippen molar-refractivity contribution in [3.8, 4) is 0 Å². The second-order valence-corrected chi connectivity index (χ2v) is 8.09. The number of carbonyl (C=O) groups excluding carboxylic acids is 1. The van der Waals surface area contributed by atoms with Crippen LogP contribution in [0.4, 0.5) is 0 Å². The van der Waals surface area contributed by atoms with E-state index in [9.17, 15) is 13.2 Å². The number of hydrogen-bond donors (Lipinski definition) is 1. The third-order valence-electron chi connectivity index (χ3n) is 4.33. The van der Waals surface area contributed by atoms with Crippen molar-refractivity contribution in [2.24, 2.45) is 0 Å². The molecule has 11 heteroatoms. The number of likely N-dealkylation sites (N-methyl/N-ethyl adjacent to an activating group) is 1. The second kappa shape index (κ2) is 10.7. The van der Waals surface area contributed by atoms with Gasteiger partial charge < -0.3 is 10.2 Å². The van der Waals surface area contributed by atoms with Crippen molar-refractivity contribution >= 4 is 40.7 Å². The average molecular weight is 448 g/mol. The predicted octanol–water partition coefficient (Wildman–Crippen LogP) is 1.11. The number of hydrogen-bond acceptors (Lipinski definition) is 6. The van der Waals surface area contributed by atoms with E-state index in [4.69, 9.17) is 0 Å². The van der Waals surface area contributed by atoms with Crippen molar-refractivity contribution in [1.29, 1.82) is 0 Å². The largest absolute Gasteiger partial charge is 0.332 e. The summed E-state index contributed by atoms with van der Waals surface area (Å²) in [6, 6.07) is 6.59. The summed E-state index contributed by atoms with van der Waals surface area (Å²) in [5, 5.41) is 3.27. The number of carbonyl (C=O) groups is 1. The second-order valence-electron chi connectivity index (χ2n) is 6.04. The molecule has 1 aliphatic rings. The molecule has 1 fully saturated rings. The van der Waals surface area contributed by atoms with Crippen LogP contribution in [0.5, 0.6) is 0 Å². The van der Waals surface area contributed by atoms with Gasteiger partial charge in [0, 0.05) is 51.5 Å². The van der Waals surface area contributed by atoms with E-state index in [0.29, 0.717) is 19.6 Å². The highest BCUT2D eigenvalue weighted by atomic mass is 35.5. The number of amides is 1. The summed E-state index contributed by atoms with van der Waals surface area (Å²) in [7, 11) is -2.36. The molecule has 8 nitrogen and oxygen atoms in total. The van der Waals surface area contributed by atoms with Crippen LogP contribution < -0.4 is 5.32 Å². The lowest BCUT2D eigenvalue weighted by Crippen LogP contribution is -2.51. The molecule has 154 valence electrons. The van der Waals surface area contributed by atoms with E-state index in [1.54, 1.807) is 23.4 Å². The zero-order valence-electron chi connectivity index (χ0n) is 15.3. The summed E-state index contributed by atoms with van der Waals surface area (Å²) < 4.78 is 26.3. The van der Waals surface area contributed by atoms with Crippen molar-refractivity contribution < 1.29 is 13.2 Å². The van der Waals surface area contributed by atoms with Crippen LogP contribution in [-0.2, 0) is 14.8 Å². The molecule has 2 aromatic heterocycles. The van der Waals surface area contributed by atoms with Crippen molar-refractivity contribution in [3.63, 3.8) is 0 Å². The fourth-order valence-corrected chi connectivity index (χ4v) is 4.00. The highest BCUT2D eigenvalue weighted by Gasteiger charge is 2.31. The first-order chi connectivity index (χ1) is 12.5. The zero-order chi connectivity index (χ0) is 18.6. The minimum Gasteiger partial charge on any atom is -0.332 e. The normalized spacial score (nSPS) is 16.8. The van der Waals surface area contributed by atoms with E-state index in [1.165, 1.54) is 25.5 Å². The molecule has 1 unspecified atom stereocenters. The van der Waals surface area contributed by atoms with Crippen molar-refractivity contribution in [2.45, 2.75) is 10.9 Å². The molecule has 1 amide bonds. The van der Waals surface area contributed by atoms with E-state index < -0.39 is 10.0 Å². The van der Waals surface area contributed by atoms with Gasteiger partial charge in [-0.25, -0.2) is 8.42 Å². The van der Waals surface area contributed by atoms with E-state index in [2.05, 4.69) is 15.3 Å². The Morgan fingerprint density at radius 1 is 1.21 bits per heavy atom. The predicted molar refractivity (Wildman–Crippen MR) is 110 cm³/mol. The standard InChI is InChI=1S/C17H21N5O3S.2ClH/c1-21(26(24,25)15-5-3-7-19-11-15)13-17(23)22-9-8-20-12-16(22)14-4-2-6-18-10-14;;/h2-7,10-11,16,20H,8-9,12-13H2,1H3;2*1H. The lowest BCUT2D eigenvalue weighted by molar-refractivity contribution is -0.134. The third kappa shape index (κ3) is 5.39. The van der Waals surface area contributed by atoms with E-state index in [1.807, 2.05) is 12.1 Å². The third-order valence-corrected chi connectivity index (χ3v) is 6.12. The smallest absolute Gasteiger partial charge is 0.244 e. The summed E-state index contributed by atoms with van der Waals surface area (Å²) in [5.41, 5.74) is 0.922. The van der Waals surface area contributed by atoms with Gasteiger partial charge in [0.05, 0.1) is 12.6 Å². The van der Waals surface area contributed by atoms with Crippen LogP contribution in [0.25, 0.3) is 0 Å². The number of nitrogens with one attached hydrogen (secondary N) is 1. The molecule has 0 aliphatic carbocycles. The maximum absolute atomic E-state index is 12.8. The van der Waals surface area contributed by atoms with Crippen LogP contribution in [0.1, 0.15) is 11.6 Å². The molecule has 0 bridgehead atoms. The Bertz CT molecular complexity index is 856. The highest BCUT2D eigenvalue weighted by Crippen LogP contribution is 2.22. The Morgan fingerprint density at radius 2 is 1.89 bits per heavy atom. The van der Waals surface area contributed by atoms with Gasteiger partial charge in [-0.3, -0.25) is 14.8 Å². The Labute approximate surface area is 177 Å². The zero-order valence-corrected chi connectivity index (χ0v) is 17.7. The number of nitrogens with zero attached hydrogens (tertiary/aromatic N) is 4. The molecule has 0 saturated carbocycles. The van der Waals surface area contributed by atoms with Crippen molar-refractivity contribution in [2.75, 3.05) is 33.2 Å². The van der Waals surface area contributed by atoms with Gasteiger partial charge in [-0.05, 0) is 23.8 Å². The summed E-state index contributed by atoms with van der Waals surface area (Å²) in [5.74, 6) is -0.240. The lowest BCUT2D eigenvalue weighted by Gasteiger charge is -2.37. The van der Waals surface area contributed by atoms with Gasteiger partial charge in [0.1, 0.15) is 4.90 Å². The molecule has 3 rings (SSSR count). The topological polar surface area (TPSA) is 95.5 Å². The molecule has 1 N–H and O–H groups in total. The summed E-state index contributed by atoms with van der Waals surface area (Å²) >= 11 is 0. The molecule has 1 aliphatic heterocycles. The monoisotopic (exact) mass is 447 g/mol. The number of sulfonamides is 1. The summed E-state index contributed by atoms with van der Waals surface area (Å²) in [4.78, 5) is 22.6. The number of pyridine rings is 2. The fraction of sp³-hybridized carbons (Fsp3) is 0.353. The average Bonchev–Trinajstić information content (AvgIpc) is 2.69. The summed E-state index contributed by atoms with van der Waals surface area (Å²) in [6.07, 6.45) is 6.19. The molecule has 28 heavy (non-hydrogen) atoms. The van der Waals surface area contributed by atoms with Gasteiger partial charge >= 0.3 is 0 Å². The first-order valence-corrected chi connectivity index (χ1v) is 9.70. The van der Waals surface area contributed by atoms with Crippen molar-refractivity contribution in [1.82, 2.24) is 24.5 Å². The van der Waals surface area contributed by atoms with Crippen LogP contribution >= 0.6 is 24.8 Å². The molecule has 1 atom stereocenters. The molecular weight excluding hydrogens is 425 g/mol. The highest BCUT2D eigenvalue weighted by molar-refractivity contribution is 7.89. The van der Waals surface area contributed by atoms with E-state index in [0.717, 1.165) is 9.87 Å². The SMILES string of the molecule is CN(CC(=O)N1CCNCC1c1cccnc1)S(=O)(=O)c1cccnc1.Cl.Cl. The molecule has 0 radical (unpaired) electrons.